The number of rotatable bonds is 2. The Labute approximate surface area is 89.3 Å². The number of carbonyl (C=O) groups is 1. The van der Waals surface area contributed by atoms with Gasteiger partial charge in [0.05, 0.1) is 6.04 Å². The molecule has 1 amide bonds. The third-order valence-electron chi connectivity index (χ3n) is 2.00. The molecule has 0 aliphatic rings. The largest absolute Gasteiger partial charge is 0.348 e. The first-order valence-corrected chi connectivity index (χ1v) is 5.63. The van der Waals surface area contributed by atoms with Crippen LogP contribution in [0.25, 0.3) is 0 Å². The molecular weight excluding hydrogens is 194 g/mol. The van der Waals surface area contributed by atoms with Gasteiger partial charge in [-0.2, -0.15) is 0 Å². The van der Waals surface area contributed by atoms with E-state index in [4.69, 9.17) is 0 Å². The molecule has 0 fully saturated rings. The zero-order chi connectivity index (χ0) is 10.8. The molecule has 2 nitrogen and oxygen atoms in total. The van der Waals surface area contributed by atoms with Gasteiger partial charge in [-0.15, -0.1) is 11.3 Å². The van der Waals surface area contributed by atoms with Gasteiger partial charge in [0.1, 0.15) is 0 Å². The van der Waals surface area contributed by atoms with E-state index in [1.807, 2.05) is 45.2 Å². The van der Waals surface area contributed by atoms with Gasteiger partial charge >= 0.3 is 0 Å². The highest BCUT2D eigenvalue weighted by Gasteiger charge is 2.23. The highest BCUT2D eigenvalue weighted by Crippen LogP contribution is 2.20. The predicted molar refractivity (Wildman–Crippen MR) is 60.3 cm³/mol. The molecule has 0 spiro atoms. The Hall–Kier alpha value is -0.830. The molecule has 0 aliphatic carbocycles. The van der Waals surface area contributed by atoms with Crippen molar-refractivity contribution in [2.45, 2.75) is 33.7 Å². The number of hydrogen-bond acceptors (Lipinski definition) is 2. The molecule has 0 unspecified atom stereocenters. The van der Waals surface area contributed by atoms with Crippen LogP contribution >= 0.6 is 11.3 Å². The SMILES string of the molecule is C[C@@H](NC(=O)C(C)(C)C)c1cccs1. The van der Waals surface area contributed by atoms with E-state index in [1.54, 1.807) is 11.3 Å². The van der Waals surface area contributed by atoms with Crippen LogP contribution in [0.4, 0.5) is 0 Å². The maximum Gasteiger partial charge on any atom is 0.225 e. The van der Waals surface area contributed by atoms with Crippen molar-refractivity contribution in [1.82, 2.24) is 5.32 Å². The van der Waals surface area contributed by atoms with Crippen LogP contribution in [0, 0.1) is 5.41 Å². The zero-order valence-electron chi connectivity index (χ0n) is 9.13. The summed E-state index contributed by atoms with van der Waals surface area (Å²) in [6, 6.07) is 4.15. The first-order chi connectivity index (χ1) is 6.41. The van der Waals surface area contributed by atoms with Crippen LogP contribution < -0.4 is 5.32 Å². The lowest BCUT2D eigenvalue weighted by molar-refractivity contribution is -0.129. The number of hydrogen-bond donors (Lipinski definition) is 1. The van der Waals surface area contributed by atoms with Crippen molar-refractivity contribution < 1.29 is 4.79 Å². The van der Waals surface area contributed by atoms with E-state index in [9.17, 15) is 4.79 Å². The van der Waals surface area contributed by atoms with Crippen molar-refractivity contribution in [3.63, 3.8) is 0 Å². The molecule has 0 saturated heterocycles. The van der Waals surface area contributed by atoms with E-state index in [2.05, 4.69) is 5.32 Å². The summed E-state index contributed by atoms with van der Waals surface area (Å²) in [5.74, 6) is 0.0957. The Morgan fingerprint density at radius 2 is 2.14 bits per heavy atom. The summed E-state index contributed by atoms with van der Waals surface area (Å²) in [6.45, 7) is 7.77. The monoisotopic (exact) mass is 211 g/mol. The van der Waals surface area contributed by atoms with E-state index < -0.39 is 0 Å². The van der Waals surface area contributed by atoms with Crippen molar-refractivity contribution in [3.05, 3.63) is 22.4 Å². The molecular formula is C11H17NOS. The van der Waals surface area contributed by atoms with Crippen LogP contribution in [0.5, 0.6) is 0 Å². The molecule has 0 saturated carbocycles. The highest BCUT2D eigenvalue weighted by molar-refractivity contribution is 7.10. The van der Waals surface area contributed by atoms with E-state index in [1.165, 1.54) is 4.88 Å². The van der Waals surface area contributed by atoms with Gasteiger partial charge < -0.3 is 5.32 Å². The molecule has 0 bridgehead atoms. The van der Waals surface area contributed by atoms with Gasteiger partial charge in [0.15, 0.2) is 0 Å². The Morgan fingerprint density at radius 3 is 2.57 bits per heavy atom. The second-order valence-corrected chi connectivity index (χ2v) is 5.44. The Morgan fingerprint density at radius 1 is 1.50 bits per heavy atom. The van der Waals surface area contributed by atoms with E-state index in [-0.39, 0.29) is 17.4 Å². The van der Waals surface area contributed by atoms with Crippen molar-refractivity contribution in [2.75, 3.05) is 0 Å². The lowest BCUT2D eigenvalue weighted by atomic mass is 9.95. The highest BCUT2D eigenvalue weighted by atomic mass is 32.1. The Bertz CT molecular complexity index is 298. The summed E-state index contributed by atoms with van der Waals surface area (Å²) in [5, 5.41) is 5.02. The lowest BCUT2D eigenvalue weighted by Crippen LogP contribution is -2.36. The summed E-state index contributed by atoms with van der Waals surface area (Å²) in [4.78, 5) is 12.9. The van der Waals surface area contributed by atoms with Crippen LogP contribution in [0.2, 0.25) is 0 Å². The molecule has 1 atom stereocenters. The van der Waals surface area contributed by atoms with Gasteiger partial charge in [-0.3, -0.25) is 4.79 Å². The third-order valence-corrected chi connectivity index (χ3v) is 3.05. The molecule has 1 aromatic rings. The van der Waals surface area contributed by atoms with Crippen LogP contribution in [-0.2, 0) is 4.79 Å². The summed E-state index contributed by atoms with van der Waals surface area (Å²) in [7, 11) is 0. The van der Waals surface area contributed by atoms with Gasteiger partial charge in [-0.05, 0) is 18.4 Å². The van der Waals surface area contributed by atoms with Crippen LogP contribution in [-0.4, -0.2) is 5.91 Å². The molecule has 1 rings (SSSR count). The van der Waals surface area contributed by atoms with Crippen molar-refractivity contribution >= 4 is 17.2 Å². The number of nitrogens with one attached hydrogen (secondary N) is 1. The minimum Gasteiger partial charge on any atom is -0.348 e. The van der Waals surface area contributed by atoms with Gasteiger partial charge in [-0.1, -0.05) is 26.8 Å². The quantitative estimate of drug-likeness (QED) is 0.800. The smallest absolute Gasteiger partial charge is 0.225 e. The predicted octanol–water partition coefficient (Wildman–Crippen LogP) is 2.97. The van der Waals surface area contributed by atoms with E-state index in [0.717, 1.165) is 0 Å². The average molecular weight is 211 g/mol. The van der Waals surface area contributed by atoms with Gasteiger partial charge in [-0.25, -0.2) is 0 Å². The fourth-order valence-corrected chi connectivity index (χ4v) is 1.76. The molecule has 0 radical (unpaired) electrons. The van der Waals surface area contributed by atoms with Gasteiger partial charge in [0.2, 0.25) is 5.91 Å². The van der Waals surface area contributed by atoms with Crippen LogP contribution in [0.1, 0.15) is 38.6 Å². The maximum atomic E-state index is 11.7. The van der Waals surface area contributed by atoms with Crippen molar-refractivity contribution in [1.29, 1.82) is 0 Å². The van der Waals surface area contributed by atoms with E-state index in [0.29, 0.717) is 0 Å². The van der Waals surface area contributed by atoms with Crippen molar-refractivity contribution in [2.24, 2.45) is 5.41 Å². The van der Waals surface area contributed by atoms with Gasteiger partial charge in [0.25, 0.3) is 0 Å². The number of carbonyl (C=O) groups excluding carboxylic acids is 1. The summed E-state index contributed by atoms with van der Waals surface area (Å²) in [5.41, 5.74) is -0.314. The fraction of sp³-hybridized carbons (Fsp3) is 0.545. The molecule has 14 heavy (non-hydrogen) atoms. The van der Waals surface area contributed by atoms with Gasteiger partial charge in [0, 0.05) is 10.3 Å². The molecule has 3 heteroatoms. The molecule has 1 N–H and O–H groups in total. The second kappa shape index (κ2) is 4.13. The second-order valence-electron chi connectivity index (χ2n) is 4.46. The molecule has 1 aromatic heterocycles. The molecule has 1 heterocycles. The lowest BCUT2D eigenvalue weighted by Gasteiger charge is -2.21. The minimum absolute atomic E-state index is 0.0957. The summed E-state index contributed by atoms with van der Waals surface area (Å²) < 4.78 is 0. The maximum absolute atomic E-state index is 11.7. The topological polar surface area (TPSA) is 29.1 Å². The first kappa shape index (κ1) is 11.2. The standard InChI is InChI=1S/C11H17NOS/c1-8(9-6-5-7-14-9)12-10(13)11(2,3)4/h5-8H,1-4H3,(H,12,13)/t8-/m1/s1. The zero-order valence-corrected chi connectivity index (χ0v) is 9.94. The number of thiophene rings is 1. The summed E-state index contributed by atoms with van der Waals surface area (Å²) in [6.07, 6.45) is 0. The molecule has 78 valence electrons. The van der Waals surface area contributed by atoms with Crippen LogP contribution in [0.3, 0.4) is 0 Å². The normalized spacial score (nSPS) is 13.7. The minimum atomic E-state index is -0.314. The summed E-state index contributed by atoms with van der Waals surface area (Å²) >= 11 is 1.67. The Kier molecular flexibility index (Phi) is 3.32. The van der Waals surface area contributed by atoms with Crippen molar-refractivity contribution in [3.8, 4) is 0 Å². The average Bonchev–Trinajstić information content (AvgIpc) is 2.53. The molecule has 0 aromatic carbocycles. The molecule has 0 aliphatic heterocycles. The fourth-order valence-electron chi connectivity index (χ4n) is 1.02. The Balaban J connectivity index is 2.58. The number of amides is 1. The van der Waals surface area contributed by atoms with Crippen LogP contribution in [0.15, 0.2) is 17.5 Å². The van der Waals surface area contributed by atoms with E-state index >= 15 is 0 Å². The third kappa shape index (κ3) is 2.84. The first-order valence-electron chi connectivity index (χ1n) is 4.75.